The van der Waals surface area contributed by atoms with Crippen LogP contribution in [-0.2, 0) is 11.2 Å². The highest BCUT2D eigenvalue weighted by Gasteiger charge is 2.17. The van der Waals surface area contributed by atoms with Gasteiger partial charge in [0.1, 0.15) is 5.76 Å². The van der Waals surface area contributed by atoms with Gasteiger partial charge in [-0.05, 0) is 38.1 Å². The van der Waals surface area contributed by atoms with Gasteiger partial charge in [-0.1, -0.05) is 41.9 Å². The minimum absolute atomic E-state index is 0.122. The molecule has 0 aliphatic carbocycles. The van der Waals surface area contributed by atoms with Crippen LogP contribution in [0.4, 0.5) is 5.13 Å². The first-order valence-corrected chi connectivity index (χ1v) is 10.2. The zero-order chi connectivity index (χ0) is 20.4. The predicted octanol–water partition coefficient (Wildman–Crippen LogP) is 5.92. The number of hydrogen-bond acceptors (Lipinski definition) is 5. The second kappa shape index (κ2) is 8.19. The smallest absolute Gasteiger partial charge is 0.232 e. The van der Waals surface area contributed by atoms with Crippen molar-refractivity contribution in [2.45, 2.75) is 20.3 Å². The summed E-state index contributed by atoms with van der Waals surface area (Å²) < 4.78 is 5.73. The molecule has 146 valence electrons. The van der Waals surface area contributed by atoms with E-state index in [-0.39, 0.29) is 12.3 Å². The first-order valence-electron chi connectivity index (χ1n) is 9.04. The first-order chi connectivity index (χ1) is 14.0. The Morgan fingerprint density at radius 2 is 1.76 bits per heavy atom. The highest BCUT2D eigenvalue weighted by molar-refractivity contribution is 7.16. The van der Waals surface area contributed by atoms with Crippen molar-refractivity contribution in [3.05, 3.63) is 76.0 Å². The summed E-state index contributed by atoms with van der Waals surface area (Å²) in [5.41, 5.74) is 3.30. The van der Waals surface area contributed by atoms with Gasteiger partial charge in [0, 0.05) is 21.0 Å². The fraction of sp³-hybridized carbons (Fsp3) is 0.136. The number of aromatic nitrogens is 2. The number of rotatable bonds is 5. The largest absolute Gasteiger partial charge is 0.441 e. The molecule has 29 heavy (non-hydrogen) atoms. The molecule has 0 saturated heterocycles. The van der Waals surface area contributed by atoms with E-state index in [0.717, 1.165) is 21.7 Å². The molecule has 7 heteroatoms. The Balaban J connectivity index is 1.47. The molecular formula is C22H18ClN3O2S. The van der Waals surface area contributed by atoms with Crippen LogP contribution in [0.25, 0.3) is 22.7 Å². The molecule has 0 radical (unpaired) electrons. The molecule has 0 aliphatic rings. The number of anilines is 1. The van der Waals surface area contributed by atoms with Crippen LogP contribution in [0.15, 0.2) is 59.0 Å². The van der Waals surface area contributed by atoms with Crippen molar-refractivity contribution in [3.8, 4) is 22.7 Å². The van der Waals surface area contributed by atoms with Crippen LogP contribution in [0.2, 0.25) is 5.02 Å². The lowest BCUT2D eigenvalue weighted by atomic mass is 10.1. The Hall–Kier alpha value is -2.96. The second-order valence-corrected chi connectivity index (χ2v) is 8.18. The Morgan fingerprint density at radius 3 is 2.48 bits per heavy atom. The molecule has 5 nitrogen and oxygen atoms in total. The lowest BCUT2D eigenvalue weighted by Gasteiger charge is -2.00. The third kappa shape index (κ3) is 4.39. The molecule has 1 N–H and O–H groups in total. The van der Waals surface area contributed by atoms with Crippen LogP contribution in [0.5, 0.6) is 0 Å². The van der Waals surface area contributed by atoms with E-state index in [1.165, 1.54) is 11.3 Å². The van der Waals surface area contributed by atoms with Gasteiger partial charge < -0.3 is 9.73 Å². The number of halogens is 1. The maximum atomic E-state index is 12.5. The van der Waals surface area contributed by atoms with Gasteiger partial charge in [-0.3, -0.25) is 4.79 Å². The van der Waals surface area contributed by atoms with Gasteiger partial charge in [0.05, 0.1) is 17.8 Å². The summed E-state index contributed by atoms with van der Waals surface area (Å²) in [4.78, 5) is 22.6. The molecule has 0 atom stereocenters. The molecule has 1 amide bonds. The van der Waals surface area contributed by atoms with E-state index >= 15 is 0 Å². The Bertz CT molecular complexity index is 1150. The Morgan fingerprint density at radius 1 is 1.03 bits per heavy atom. The highest BCUT2D eigenvalue weighted by atomic mass is 35.5. The van der Waals surface area contributed by atoms with Gasteiger partial charge in [-0.2, -0.15) is 0 Å². The first kappa shape index (κ1) is 19.4. The van der Waals surface area contributed by atoms with E-state index in [0.29, 0.717) is 27.5 Å². The van der Waals surface area contributed by atoms with Crippen LogP contribution >= 0.6 is 22.9 Å². The molecule has 4 aromatic rings. The molecule has 0 saturated carbocycles. The molecule has 0 fully saturated rings. The molecule has 0 unspecified atom stereocenters. The number of carbonyl (C=O) groups is 1. The number of hydrogen-bond donors (Lipinski definition) is 1. The topological polar surface area (TPSA) is 68.0 Å². The van der Waals surface area contributed by atoms with Crippen molar-refractivity contribution in [3.63, 3.8) is 0 Å². The number of benzene rings is 2. The Labute approximate surface area is 177 Å². The van der Waals surface area contributed by atoms with E-state index in [2.05, 4.69) is 15.3 Å². The molecule has 0 aliphatic heterocycles. The fourth-order valence-electron chi connectivity index (χ4n) is 2.94. The third-order valence-electron chi connectivity index (χ3n) is 4.40. The quantitative estimate of drug-likeness (QED) is 0.432. The fourth-order valence-corrected chi connectivity index (χ4v) is 3.92. The van der Waals surface area contributed by atoms with Gasteiger partial charge >= 0.3 is 0 Å². The summed E-state index contributed by atoms with van der Waals surface area (Å²) in [6, 6.07) is 17.1. The monoisotopic (exact) mass is 423 g/mol. The number of oxazole rings is 1. The van der Waals surface area contributed by atoms with Crippen molar-refractivity contribution >= 4 is 34.0 Å². The number of nitrogens with zero attached hydrogens (tertiary/aromatic N) is 2. The predicted molar refractivity (Wildman–Crippen MR) is 116 cm³/mol. The van der Waals surface area contributed by atoms with Gasteiger partial charge in [-0.25, -0.2) is 9.97 Å². The number of aryl methyl sites for hydroxylation is 2. The van der Waals surface area contributed by atoms with E-state index in [1.807, 2.05) is 68.4 Å². The van der Waals surface area contributed by atoms with Crippen LogP contribution in [0.1, 0.15) is 16.3 Å². The third-order valence-corrected chi connectivity index (χ3v) is 5.54. The molecule has 0 bridgehead atoms. The lowest BCUT2D eigenvalue weighted by Crippen LogP contribution is -2.15. The van der Waals surface area contributed by atoms with Gasteiger partial charge in [-0.15, -0.1) is 11.3 Å². The maximum Gasteiger partial charge on any atom is 0.232 e. The minimum Gasteiger partial charge on any atom is -0.441 e. The van der Waals surface area contributed by atoms with Crippen molar-refractivity contribution in [2.75, 3.05) is 5.32 Å². The summed E-state index contributed by atoms with van der Waals surface area (Å²) in [5, 5.41) is 4.10. The van der Waals surface area contributed by atoms with E-state index < -0.39 is 0 Å². The zero-order valence-electron chi connectivity index (χ0n) is 15.9. The summed E-state index contributed by atoms with van der Waals surface area (Å²) in [6.45, 7) is 3.79. The van der Waals surface area contributed by atoms with Crippen LogP contribution < -0.4 is 5.32 Å². The summed E-state index contributed by atoms with van der Waals surface area (Å²) in [5.74, 6) is 0.967. The van der Waals surface area contributed by atoms with Gasteiger partial charge in [0.15, 0.2) is 5.13 Å². The van der Waals surface area contributed by atoms with Crippen LogP contribution in [0.3, 0.4) is 0 Å². The number of thiazole rings is 1. The SMILES string of the molecule is Cc1oc(-c2ccccc2)nc1CC(=O)Nc1nc(-c2ccc(Cl)cc2)c(C)s1. The van der Waals surface area contributed by atoms with Crippen molar-refractivity contribution in [1.82, 2.24) is 9.97 Å². The molecule has 0 spiro atoms. The average Bonchev–Trinajstić information content (AvgIpc) is 3.25. The van der Waals surface area contributed by atoms with Gasteiger partial charge in [0.25, 0.3) is 0 Å². The summed E-state index contributed by atoms with van der Waals surface area (Å²) in [7, 11) is 0. The van der Waals surface area contributed by atoms with E-state index in [1.54, 1.807) is 0 Å². The molecule has 2 aromatic heterocycles. The standard InChI is InChI=1S/C22H18ClN3O2S/c1-13-18(24-21(28-13)16-6-4-3-5-7-16)12-19(27)25-22-26-20(14(2)29-22)15-8-10-17(23)11-9-15/h3-11H,12H2,1-2H3,(H,25,26,27). The molecule has 2 aromatic carbocycles. The van der Waals surface area contributed by atoms with Crippen molar-refractivity contribution in [2.24, 2.45) is 0 Å². The zero-order valence-corrected chi connectivity index (χ0v) is 17.5. The highest BCUT2D eigenvalue weighted by Crippen LogP contribution is 2.31. The molecular weight excluding hydrogens is 406 g/mol. The van der Waals surface area contributed by atoms with Crippen LogP contribution in [0, 0.1) is 13.8 Å². The lowest BCUT2D eigenvalue weighted by molar-refractivity contribution is -0.115. The van der Waals surface area contributed by atoms with E-state index in [4.69, 9.17) is 16.0 Å². The van der Waals surface area contributed by atoms with Crippen LogP contribution in [-0.4, -0.2) is 15.9 Å². The van der Waals surface area contributed by atoms with E-state index in [9.17, 15) is 4.79 Å². The maximum absolute atomic E-state index is 12.5. The number of nitrogens with one attached hydrogen (secondary N) is 1. The molecule has 4 rings (SSSR count). The van der Waals surface area contributed by atoms with Gasteiger partial charge in [0.2, 0.25) is 11.8 Å². The normalized spacial score (nSPS) is 10.9. The minimum atomic E-state index is -0.183. The summed E-state index contributed by atoms with van der Waals surface area (Å²) in [6.07, 6.45) is 0.122. The number of amides is 1. The molecule has 2 heterocycles. The summed E-state index contributed by atoms with van der Waals surface area (Å²) >= 11 is 7.39. The van der Waals surface area contributed by atoms with Crippen molar-refractivity contribution in [1.29, 1.82) is 0 Å². The van der Waals surface area contributed by atoms with Crippen molar-refractivity contribution < 1.29 is 9.21 Å². The average molecular weight is 424 g/mol. The number of carbonyl (C=O) groups excluding carboxylic acids is 1. The second-order valence-electron chi connectivity index (χ2n) is 6.54. The Kier molecular flexibility index (Phi) is 5.47.